The van der Waals surface area contributed by atoms with Crippen molar-refractivity contribution in [3.8, 4) is 5.69 Å². The molecule has 2 aromatic rings. The Kier molecular flexibility index (Phi) is 8.10. The number of rotatable bonds is 8. The minimum atomic E-state index is -0.703. The number of carbonyl (C=O) groups excluding carboxylic acids is 1. The SMILES string of the molecule is CCOC1OC(C(=O)N2CCOCC2)=CC(c2c(C)n(C)n(-c3ccccc3)c2=O)C1CCCO. The number of aliphatic hydroxyl groups is 1. The lowest BCUT2D eigenvalue weighted by Crippen LogP contribution is -2.45. The highest BCUT2D eigenvalue weighted by Crippen LogP contribution is 2.40. The Labute approximate surface area is 205 Å². The number of aromatic nitrogens is 2. The second kappa shape index (κ2) is 11.2. The molecular weight excluding hydrogens is 450 g/mol. The number of benzene rings is 1. The van der Waals surface area contributed by atoms with Crippen LogP contribution in [-0.2, 0) is 26.1 Å². The Morgan fingerprint density at radius 3 is 2.57 bits per heavy atom. The van der Waals surface area contributed by atoms with Crippen LogP contribution in [0.3, 0.4) is 0 Å². The molecule has 9 nitrogen and oxygen atoms in total. The minimum absolute atomic E-state index is 0.0212. The number of amides is 1. The average molecular weight is 486 g/mol. The second-order valence-electron chi connectivity index (χ2n) is 8.91. The van der Waals surface area contributed by atoms with Crippen LogP contribution >= 0.6 is 0 Å². The zero-order chi connectivity index (χ0) is 24.9. The van der Waals surface area contributed by atoms with Crippen LogP contribution in [0.5, 0.6) is 0 Å². The molecule has 0 radical (unpaired) electrons. The number of ether oxygens (including phenoxy) is 3. The van der Waals surface area contributed by atoms with Crippen LogP contribution in [-0.4, -0.2) is 71.1 Å². The molecular formula is C26H35N3O6. The van der Waals surface area contributed by atoms with E-state index in [2.05, 4.69) is 0 Å². The first-order valence-corrected chi connectivity index (χ1v) is 12.3. The van der Waals surface area contributed by atoms with E-state index in [1.807, 2.05) is 55.9 Å². The average Bonchev–Trinajstić information content (AvgIpc) is 3.11. The molecule has 2 aliphatic heterocycles. The summed E-state index contributed by atoms with van der Waals surface area (Å²) in [5.74, 6) is -0.665. The zero-order valence-corrected chi connectivity index (χ0v) is 20.7. The van der Waals surface area contributed by atoms with Crippen LogP contribution in [0, 0.1) is 12.8 Å². The summed E-state index contributed by atoms with van der Waals surface area (Å²) < 4.78 is 21.0. The van der Waals surface area contributed by atoms with E-state index in [1.54, 1.807) is 15.7 Å². The lowest BCUT2D eigenvalue weighted by Gasteiger charge is -2.38. The highest BCUT2D eigenvalue weighted by atomic mass is 16.7. The van der Waals surface area contributed by atoms with Crippen molar-refractivity contribution in [2.24, 2.45) is 13.0 Å². The van der Waals surface area contributed by atoms with Gasteiger partial charge in [-0.25, -0.2) is 4.68 Å². The summed E-state index contributed by atoms with van der Waals surface area (Å²) in [5, 5.41) is 9.55. The van der Waals surface area contributed by atoms with Gasteiger partial charge in [0, 0.05) is 56.4 Å². The molecule has 2 aliphatic rings. The molecule has 3 heterocycles. The lowest BCUT2D eigenvalue weighted by atomic mass is 9.80. The van der Waals surface area contributed by atoms with E-state index in [-0.39, 0.29) is 29.8 Å². The van der Waals surface area contributed by atoms with Crippen molar-refractivity contribution in [1.82, 2.24) is 14.3 Å². The third kappa shape index (κ3) is 5.07. The van der Waals surface area contributed by atoms with Crippen molar-refractivity contribution in [2.75, 3.05) is 39.5 Å². The van der Waals surface area contributed by atoms with Crippen molar-refractivity contribution in [2.45, 2.75) is 38.9 Å². The standard InChI is InChI=1S/C26H35N3O6/c1-4-34-26-20(11-8-14-30)21(17-22(35-26)24(31)28-12-15-33-16-13-28)23-18(2)27(3)29(25(23)32)19-9-6-5-7-10-19/h5-7,9-10,17,20-21,26,30H,4,8,11-16H2,1-3H3. The van der Waals surface area contributed by atoms with Gasteiger partial charge in [0.15, 0.2) is 5.76 Å². The molecule has 0 spiro atoms. The van der Waals surface area contributed by atoms with Crippen molar-refractivity contribution in [3.05, 3.63) is 63.8 Å². The molecule has 1 fully saturated rings. The number of hydrogen-bond donors (Lipinski definition) is 1. The number of aliphatic hydroxyl groups excluding tert-OH is 1. The van der Waals surface area contributed by atoms with Gasteiger partial charge in [-0.2, -0.15) is 0 Å². The summed E-state index contributed by atoms with van der Waals surface area (Å²) in [7, 11) is 1.86. The minimum Gasteiger partial charge on any atom is -0.459 e. The van der Waals surface area contributed by atoms with Crippen LogP contribution in [0.15, 0.2) is 47.0 Å². The molecule has 1 aromatic heterocycles. The van der Waals surface area contributed by atoms with Gasteiger partial charge in [0.05, 0.1) is 18.9 Å². The van der Waals surface area contributed by atoms with Crippen LogP contribution in [0.25, 0.3) is 5.69 Å². The lowest BCUT2D eigenvalue weighted by molar-refractivity contribution is -0.171. The highest BCUT2D eigenvalue weighted by molar-refractivity contribution is 5.92. The molecule has 35 heavy (non-hydrogen) atoms. The van der Waals surface area contributed by atoms with E-state index in [9.17, 15) is 14.7 Å². The summed E-state index contributed by atoms with van der Waals surface area (Å²) >= 11 is 0. The summed E-state index contributed by atoms with van der Waals surface area (Å²) in [4.78, 5) is 28.9. The maximum absolute atomic E-state index is 13.8. The van der Waals surface area contributed by atoms with E-state index >= 15 is 0 Å². The largest absolute Gasteiger partial charge is 0.459 e. The molecule has 1 aromatic carbocycles. The summed E-state index contributed by atoms with van der Waals surface area (Å²) in [6, 6.07) is 9.49. The molecule has 3 unspecified atom stereocenters. The Morgan fingerprint density at radius 1 is 1.20 bits per heavy atom. The zero-order valence-electron chi connectivity index (χ0n) is 20.7. The number of carbonyl (C=O) groups is 1. The van der Waals surface area contributed by atoms with Crippen LogP contribution in [0.1, 0.15) is 36.9 Å². The van der Waals surface area contributed by atoms with E-state index in [0.29, 0.717) is 51.3 Å². The summed E-state index contributed by atoms with van der Waals surface area (Å²) in [6.07, 6.45) is 2.20. The molecule has 1 saturated heterocycles. The van der Waals surface area contributed by atoms with Gasteiger partial charge in [-0.05, 0) is 44.9 Å². The molecule has 190 valence electrons. The fourth-order valence-electron chi connectivity index (χ4n) is 4.99. The van der Waals surface area contributed by atoms with Crippen LogP contribution < -0.4 is 5.56 Å². The van der Waals surface area contributed by atoms with Gasteiger partial charge in [-0.3, -0.25) is 14.3 Å². The number of morpholine rings is 1. The molecule has 1 N–H and O–H groups in total. The third-order valence-electron chi connectivity index (χ3n) is 6.85. The Balaban J connectivity index is 1.82. The summed E-state index contributed by atoms with van der Waals surface area (Å²) in [6.45, 7) is 6.15. The third-order valence-corrected chi connectivity index (χ3v) is 6.85. The van der Waals surface area contributed by atoms with Gasteiger partial charge in [0.2, 0.25) is 6.29 Å². The number of nitrogens with zero attached hydrogens (tertiary/aromatic N) is 3. The molecule has 0 aliphatic carbocycles. The van der Waals surface area contributed by atoms with Crippen LogP contribution in [0.4, 0.5) is 0 Å². The van der Waals surface area contributed by atoms with E-state index in [1.165, 1.54) is 0 Å². The molecule has 1 amide bonds. The van der Waals surface area contributed by atoms with Gasteiger partial charge in [-0.15, -0.1) is 0 Å². The molecule has 0 bridgehead atoms. The topological polar surface area (TPSA) is 95.2 Å². The fourth-order valence-corrected chi connectivity index (χ4v) is 4.99. The maximum Gasteiger partial charge on any atom is 0.288 e. The Morgan fingerprint density at radius 2 is 1.91 bits per heavy atom. The Bertz CT molecular complexity index is 1100. The quantitative estimate of drug-likeness (QED) is 0.615. The summed E-state index contributed by atoms with van der Waals surface area (Å²) in [5.41, 5.74) is 2.05. The maximum atomic E-state index is 13.8. The van der Waals surface area contributed by atoms with E-state index in [4.69, 9.17) is 14.2 Å². The van der Waals surface area contributed by atoms with Crippen molar-refractivity contribution >= 4 is 5.91 Å². The first-order valence-electron chi connectivity index (χ1n) is 12.3. The van der Waals surface area contributed by atoms with Crippen LogP contribution in [0.2, 0.25) is 0 Å². The van der Waals surface area contributed by atoms with Crippen molar-refractivity contribution in [1.29, 1.82) is 0 Å². The van der Waals surface area contributed by atoms with Gasteiger partial charge < -0.3 is 24.2 Å². The Hall–Kier alpha value is -2.88. The van der Waals surface area contributed by atoms with E-state index < -0.39 is 12.2 Å². The van der Waals surface area contributed by atoms with E-state index in [0.717, 1.165) is 11.4 Å². The number of hydrogen-bond acceptors (Lipinski definition) is 6. The number of para-hydroxylation sites is 1. The smallest absolute Gasteiger partial charge is 0.288 e. The fraction of sp³-hybridized carbons (Fsp3) is 0.538. The molecule has 4 rings (SSSR count). The predicted molar refractivity (Wildman–Crippen MR) is 130 cm³/mol. The van der Waals surface area contributed by atoms with Gasteiger partial charge >= 0.3 is 0 Å². The second-order valence-corrected chi connectivity index (χ2v) is 8.91. The highest BCUT2D eigenvalue weighted by Gasteiger charge is 2.41. The van der Waals surface area contributed by atoms with Gasteiger partial charge in [0.25, 0.3) is 11.5 Å². The molecule has 9 heteroatoms. The first-order chi connectivity index (χ1) is 17.0. The molecule has 3 atom stereocenters. The normalized spacial score (nSPS) is 22.6. The van der Waals surface area contributed by atoms with Gasteiger partial charge in [-0.1, -0.05) is 18.2 Å². The first kappa shape index (κ1) is 25.2. The number of allylic oxidation sites excluding steroid dienone is 1. The monoisotopic (exact) mass is 485 g/mol. The van der Waals surface area contributed by atoms with Crippen molar-refractivity contribution in [3.63, 3.8) is 0 Å². The van der Waals surface area contributed by atoms with Crippen molar-refractivity contribution < 1.29 is 24.1 Å². The molecule has 0 saturated carbocycles. The van der Waals surface area contributed by atoms with Gasteiger partial charge in [0.1, 0.15) is 0 Å². The predicted octanol–water partition coefficient (Wildman–Crippen LogP) is 2.09.